The Morgan fingerprint density at radius 3 is 2.33 bits per heavy atom. The van der Waals surface area contributed by atoms with E-state index in [0.29, 0.717) is 12.2 Å². The fourth-order valence-corrected chi connectivity index (χ4v) is 0.367. The summed E-state index contributed by atoms with van der Waals surface area (Å²) in [4.78, 5) is 30.6. The van der Waals surface area contributed by atoms with Crippen LogP contribution in [0.5, 0.6) is 0 Å². The lowest BCUT2D eigenvalue weighted by Crippen LogP contribution is -2.11. The van der Waals surface area contributed by atoms with Gasteiger partial charge in [0.2, 0.25) is 0 Å². The van der Waals surface area contributed by atoms with E-state index in [4.69, 9.17) is 16.7 Å². The number of carbonyl (C=O) groups is 3. The van der Waals surface area contributed by atoms with Crippen LogP contribution in [0.15, 0.2) is 12.2 Å². The molecule has 6 heteroatoms. The number of hydrogen-bond acceptors (Lipinski definition) is 4. The molecule has 0 atom stereocenters. The summed E-state index contributed by atoms with van der Waals surface area (Å²) in [7, 11) is 0. The molecule has 5 nitrogen and oxygen atoms in total. The number of rotatable bonds is 3. The summed E-state index contributed by atoms with van der Waals surface area (Å²) in [5.41, 5.74) is 0. The van der Waals surface area contributed by atoms with Gasteiger partial charge in [-0.05, 0) is 0 Å². The smallest absolute Gasteiger partial charge is 0.338 e. The molecule has 12 heavy (non-hydrogen) atoms. The predicted octanol–water partition coefficient (Wildman–Crippen LogP) is -0.0642. The Kier molecular flexibility index (Phi) is 4.71. The molecule has 0 radical (unpaired) electrons. The van der Waals surface area contributed by atoms with E-state index in [1.807, 2.05) is 0 Å². The lowest BCUT2D eigenvalue weighted by molar-refractivity contribution is -0.154. The molecule has 0 spiro atoms. The van der Waals surface area contributed by atoms with Gasteiger partial charge in [-0.3, -0.25) is 4.79 Å². The average Bonchev–Trinajstić information content (AvgIpc) is 2.00. The van der Waals surface area contributed by atoms with Crippen molar-refractivity contribution in [1.29, 1.82) is 0 Å². The van der Waals surface area contributed by atoms with Crippen molar-refractivity contribution in [3.63, 3.8) is 0 Å². The van der Waals surface area contributed by atoms with E-state index in [1.165, 1.54) is 0 Å². The number of carboxylic acids is 1. The van der Waals surface area contributed by atoms with Crippen LogP contribution in [-0.2, 0) is 19.1 Å². The van der Waals surface area contributed by atoms with Crippen LogP contribution in [0.4, 0.5) is 0 Å². The minimum Gasteiger partial charge on any atom is -0.478 e. The third-order valence-corrected chi connectivity index (χ3v) is 0.904. The highest BCUT2D eigenvalue weighted by atomic mass is 35.5. The van der Waals surface area contributed by atoms with Crippen LogP contribution in [0.1, 0.15) is 0 Å². The summed E-state index contributed by atoms with van der Waals surface area (Å²) in [5.74, 6) is -3.72. The van der Waals surface area contributed by atoms with Crippen molar-refractivity contribution in [3.05, 3.63) is 12.2 Å². The molecule has 0 heterocycles. The summed E-state index contributed by atoms with van der Waals surface area (Å²) in [5, 5.41) is 8.05. The van der Waals surface area contributed by atoms with Crippen molar-refractivity contribution in [2.75, 3.05) is 5.88 Å². The molecule has 0 aliphatic carbocycles. The molecule has 0 aromatic rings. The maximum absolute atomic E-state index is 10.5. The van der Waals surface area contributed by atoms with Crippen LogP contribution < -0.4 is 0 Å². The van der Waals surface area contributed by atoms with Crippen LogP contribution in [0.25, 0.3) is 0 Å². The first kappa shape index (κ1) is 10.6. The molecule has 1 N–H and O–H groups in total. The van der Waals surface area contributed by atoms with Crippen molar-refractivity contribution < 1.29 is 24.2 Å². The molecule has 0 saturated carbocycles. The van der Waals surface area contributed by atoms with Crippen molar-refractivity contribution >= 4 is 29.5 Å². The minimum atomic E-state index is -1.30. The number of esters is 2. The number of alkyl halides is 1. The Labute approximate surface area is 72.6 Å². The second kappa shape index (κ2) is 5.31. The Morgan fingerprint density at radius 2 is 1.92 bits per heavy atom. The predicted molar refractivity (Wildman–Crippen MR) is 38.6 cm³/mol. The van der Waals surface area contributed by atoms with Crippen molar-refractivity contribution in [2.24, 2.45) is 0 Å². The Morgan fingerprint density at radius 1 is 1.33 bits per heavy atom. The van der Waals surface area contributed by atoms with Crippen LogP contribution in [0.2, 0.25) is 0 Å². The highest BCUT2D eigenvalue weighted by Crippen LogP contribution is 1.86. The molecule has 0 rings (SSSR count). The number of ether oxygens (including phenoxy) is 1. The van der Waals surface area contributed by atoms with Gasteiger partial charge in [0.25, 0.3) is 0 Å². The number of carbonyl (C=O) groups excluding carboxylic acids is 2. The number of carboxylic acid groups (broad SMARTS) is 1. The third-order valence-electron chi connectivity index (χ3n) is 0.686. The van der Waals surface area contributed by atoms with E-state index in [1.54, 1.807) is 0 Å². The summed E-state index contributed by atoms with van der Waals surface area (Å²) in [6.07, 6.45) is 1.18. The summed E-state index contributed by atoms with van der Waals surface area (Å²) in [6, 6.07) is 0. The number of halogens is 1. The van der Waals surface area contributed by atoms with Gasteiger partial charge in [-0.2, -0.15) is 0 Å². The highest BCUT2D eigenvalue weighted by molar-refractivity contribution is 6.27. The summed E-state index contributed by atoms with van der Waals surface area (Å²) in [6.45, 7) is 0. The lowest BCUT2D eigenvalue weighted by Gasteiger charge is -1.93. The largest absolute Gasteiger partial charge is 0.478 e. The molecule has 66 valence electrons. The maximum atomic E-state index is 10.5. The first-order chi connectivity index (χ1) is 5.56. The average molecular weight is 193 g/mol. The van der Waals surface area contributed by atoms with Gasteiger partial charge in [-0.1, -0.05) is 0 Å². The van der Waals surface area contributed by atoms with E-state index < -0.39 is 23.8 Å². The van der Waals surface area contributed by atoms with Gasteiger partial charge in [0, 0.05) is 12.2 Å². The van der Waals surface area contributed by atoms with E-state index in [0.717, 1.165) is 0 Å². The Balaban J connectivity index is 3.90. The van der Waals surface area contributed by atoms with Gasteiger partial charge in [-0.15, -0.1) is 11.6 Å². The highest BCUT2D eigenvalue weighted by Gasteiger charge is 2.05. The fourth-order valence-electron chi connectivity index (χ4n) is 0.313. The third kappa shape index (κ3) is 5.43. The van der Waals surface area contributed by atoms with Gasteiger partial charge in [-0.25, -0.2) is 9.59 Å². The Hall–Kier alpha value is -1.36. The molecule has 0 aromatic heterocycles. The van der Waals surface area contributed by atoms with Gasteiger partial charge >= 0.3 is 17.9 Å². The molecular formula is C6H5ClO5. The van der Waals surface area contributed by atoms with E-state index in [-0.39, 0.29) is 0 Å². The van der Waals surface area contributed by atoms with Crippen LogP contribution >= 0.6 is 11.6 Å². The second-order valence-electron chi connectivity index (χ2n) is 1.60. The Bertz CT molecular complexity index is 232. The normalized spacial score (nSPS) is 9.75. The molecular weight excluding hydrogens is 188 g/mol. The summed E-state index contributed by atoms with van der Waals surface area (Å²) < 4.78 is 3.99. The molecule has 0 saturated heterocycles. The summed E-state index contributed by atoms with van der Waals surface area (Å²) >= 11 is 4.99. The maximum Gasteiger partial charge on any atom is 0.338 e. The van der Waals surface area contributed by atoms with Gasteiger partial charge < -0.3 is 9.84 Å². The van der Waals surface area contributed by atoms with Crippen LogP contribution in [0.3, 0.4) is 0 Å². The molecule has 0 amide bonds. The molecule has 0 aromatic carbocycles. The molecule has 0 unspecified atom stereocenters. The van der Waals surface area contributed by atoms with Crippen molar-refractivity contribution in [2.45, 2.75) is 0 Å². The zero-order chi connectivity index (χ0) is 9.56. The second-order valence-corrected chi connectivity index (χ2v) is 1.87. The SMILES string of the molecule is O=C(O)/C=C/C(=O)OC(=O)CCl. The number of aliphatic carboxylic acids is 1. The van der Waals surface area contributed by atoms with Crippen LogP contribution in [0, 0.1) is 0 Å². The first-order valence-corrected chi connectivity index (χ1v) is 3.31. The van der Waals surface area contributed by atoms with Gasteiger partial charge in [0.05, 0.1) is 0 Å². The quantitative estimate of drug-likeness (QED) is 0.293. The zero-order valence-corrected chi connectivity index (χ0v) is 6.58. The van der Waals surface area contributed by atoms with Gasteiger partial charge in [0.1, 0.15) is 5.88 Å². The molecule has 0 fully saturated rings. The van der Waals surface area contributed by atoms with Crippen molar-refractivity contribution in [1.82, 2.24) is 0 Å². The molecule has 0 aliphatic rings. The lowest BCUT2D eigenvalue weighted by atomic mass is 10.5. The van der Waals surface area contributed by atoms with Crippen molar-refractivity contribution in [3.8, 4) is 0 Å². The van der Waals surface area contributed by atoms with E-state index in [2.05, 4.69) is 4.74 Å². The standard InChI is InChI=1S/C6H5ClO5/c7-3-6(11)12-5(10)2-1-4(8)9/h1-2H,3H2,(H,8,9)/b2-1+. The topological polar surface area (TPSA) is 80.7 Å². The molecule has 0 bridgehead atoms. The monoisotopic (exact) mass is 192 g/mol. The minimum absolute atomic E-state index is 0.452. The fraction of sp³-hybridized carbons (Fsp3) is 0.167. The van der Waals surface area contributed by atoms with E-state index >= 15 is 0 Å². The van der Waals surface area contributed by atoms with Crippen LogP contribution in [-0.4, -0.2) is 28.9 Å². The first-order valence-electron chi connectivity index (χ1n) is 2.78. The van der Waals surface area contributed by atoms with Gasteiger partial charge in [0.15, 0.2) is 0 Å². The number of hydrogen-bond donors (Lipinski definition) is 1. The zero-order valence-electron chi connectivity index (χ0n) is 5.82. The van der Waals surface area contributed by atoms with E-state index in [9.17, 15) is 14.4 Å². The molecule has 0 aliphatic heterocycles.